The molecule has 0 saturated heterocycles. The molecule has 0 aromatic heterocycles. The zero-order valence-corrected chi connectivity index (χ0v) is 7.92. The Labute approximate surface area is 82.5 Å². The normalized spacial score (nSPS) is 11.0. The predicted octanol–water partition coefficient (Wildman–Crippen LogP) is 3.15. The van der Waals surface area contributed by atoms with E-state index in [9.17, 15) is 8.78 Å². The molecule has 0 aliphatic rings. The SMILES string of the molecule is FC=NCCCCc1ccc(F)cc1. The van der Waals surface area contributed by atoms with E-state index in [4.69, 9.17) is 0 Å². The zero-order valence-electron chi connectivity index (χ0n) is 7.92. The Morgan fingerprint density at radius 3 is 2.50 bits per heavy atom. The summed E-state index contributed by atoms with van der Waals surface area (Å²) >= 11 is 0. The smallest absolute Gasteiger partial charge is 0.171 e. The molecule has 1 aromatic carbocycles. The average Bonchev–Trinajstić information content (AvgIpc) is 2.21. The van der Waals surface area contributed by atoms with Gasteiger partial charge in [0.15, 0.2) is 6.47 Å². The van der Waals surface area contributed by atoms with Crippen molar-refractivity contribution in [2.24, 2.45) is 4.99 Å². The molecule has 0 heterocycles. The number of halogens is 2. The Bertz CT molecular complexity index is 280. The number of unbranched alkanes of at least 4 members (excludes halogenated alkanes) is 1. The summed E-state index contributed by atoms with van der Waals surface area (Å²) in [4.78, 5) is 3.47. The van der Waals surface area contributed by atoms with Crippen LogP contribution in [0.2, 0.25) is 0 Å². The summed E-state index contributed by atoms with van der Waals surface area (Å²) in [6.45, 7) is 0.857. The van der Waals surface area contributed by atoms with Crippen LogP contribution in [0.4, 0.5) is 8.78 Å². The Hall–Kier alpha value is -1.25. The lowest BCUT2D eigenvalue weighted by molar-refractivity contribution is 0.626. The Morgan fingerprint density at radius 2 is 1.86 bits per heavy atom. The molecule has 0 unspecified atom stereocenters. The van der Waals surface area contributed by atoms with Crippen LogP contribution in [0.5, 0.6) is 0 Å². The topological polar surface area (TPSA) is 12.4 Å². The van der Waals surface area contributed by atoms with Crippen LogP contribution in [0, 0.1) is 5.82 Å². The molecular weight excluding hydrogens is 184 g/mol. The third-order valence-electron chi connectivity index (χ3n) is 1.98. The summed E-state index contributed by atoms with van der Waals surface area (Å²) in [6, 6.07) is 6.45. The standard InChI is InChI=1S/C11H13F2N/c12-9-14-8-2-1-3-10-4-6-11(13)7-5-10/h4-7,9H,1-3,8H2. The van der Waals surface area contributed by atoms with Crippen LogP contribution >= 0.6 is 0 Å². The number of benzene rings is 1. The van der Waals surface area contributed by atoms with E-state index in [1.54, 1.807) is 12.1 Å². The third-order valence-corrected chi connectivity index (χ3v) is 1.98. The summed E-state index contributed by atoms with van der Waals surface area (Å²) in [5.41, 5.74) is 1.11. The Morgan fingerprint density at radius 1 is 1.14 bits per heavy atom. The summed E-state index contributed by atoms with van der Waals surface area (Å²) in [7, 11) is 0. The van der Waals surface area contributed by atoms with Crippen molar-refractivity contribution in [3.63, 3.8) is 0 Å². The maximum atomic E-state index is 12.5. The maximum Gasteiger partial charge on any atom is 0.171 e. The predicted molar refractivity (Wildman–Crippen MR) is 53.8 cm³/mol. The van der Waals surface area contributed by atoms with Gasteiger partial charge in [0.2, 0.25) is 0 Å². The second kappa shape index (κ2) is 6.24. The van der Waals surface area contributed by atoms with E-state index in [0.29, 0.717) is 13.0 Å². The molecule has 3 heteroatoms. The molecule has 0 radical (unpaired) electrons. The lowest BCUT2D eigenvalue weighted by Crippen LogP contribution is -1.88. The quantitative estimate of drug-likeness (QED) is 0.508. The number of aryl methyl sites for hydroxylation is 1. The first kappa shape index (κ1) is 10.8. The van der Waals surface area contributed by atoms with Crippen molar-refractivity contribution in [1.29, 1.82) is 0 Å². The number of rotatable bonds is 5. The first-order chi connectivity index (χ1) is 6.83. The van der Waals surface area contributed by atoms with E-state index >= 15 is 0 Å². The molecule has 0 saturated carbocycles. The van der Waals surface area contributed by atoms with Crippen LogP contribution in [0.1, 0.15) is 18.4 Å². The fourth-order valence-electron chi connectivity index (χ4n) is 1.23. The molecule has 76 valence electrons. The molecule has 14 heavy (non-hydrogen) atoms. The Balaban J connectivity index is 2.21. The van der Waals surface area contributed by atoms with E-state index in [-0.39, 0.29) is 5.82 Å². The second-order valence-electron chi connectivity index (χ2n) is 3.09. The van der Waals surface area contributed by atoms with Crippen LogP contribution in [0.15, 0.2) is 29.3 Å². The second-order valence-corrected chi connectivity index (χ2v) is 3.09. The van der Waals surface area contributed by atoms with Crippen LogP contribution in [-0.2, 0) is 6.42 Å². The lowest BCUT2D eigenvalue weighted by Gasteiger charge is -1.99. The van der Waals surface area contributed by atoms with Gasteiger partial charge in [-0.1, -0.05) is 12.1 Å². The van der Waals surface area contributed by atoms with Crippen LogP contribution in [0.25, 0.3) is 0 Å². The summed E-state index contributed by atoms with van der Waals surface area (Å²) < 4.78 is 24.0. The van der Waals surface area contributed by atoms with Crippen LogP contribution < -0.4 is 0 Å². The van der Waals surface area contributed by atoms with Gasteiger partial charge in [-0.15, -0.1) is 0 Å². The lowest BCUT2D eigenvalue weighted by atomic mass is 10.1. The molecule has 0 atom stereocenters. The zero-order chi connectivity index (χ0) is 10.2. The van der Waals surface area contributed by atoms with Crippen molar-refractivity contribution < 1.29 is 8.78 Å². The van der Waals surface area contributed by atoms with Crippen molar-refractivity contribution in [1.82, 2.24) is 0 Å². The van der Waals surface area contributed by atoms with Gasteiger partial charge in [0.1, 0.15) is 5.82 Å². The van der Waals surface area contributed by atoms with Gasteiger partial charge >= 0.3 is 0 Å². The highest BCUT2D eigenvalue weighted by Crippen LogP contribution is 2.06. The van der Waals surface area contributed by atoms with Crippen molar-refractivity contribution in [3.8, 4) is 0 Å². The molecule has 1 rings (SSSR count). The first-order valence-corrected chi connectivity index (χ1v) is 4.66. The van der Waals surface area contributed by atoms with Crippen molar-refractivity contribution >= 4 is 6.47 Å². The van der Waals surface area contributed by atoms with Gasteiger partial charge in [0, 0.05) is 6.54 Å². The molecule has 0 amide bonds. The minimum atomic E-state index is -0.212. The van der Waals surface area contributed by atoms with Gasteiger partial charge in [-0.25, -0.2) is 4.39 Å². The fourth-order valence-corrected chi connectivity index (χ4v) is 1.23. The molecular formula is C11H13F2N. The van der Waals surface area contributed by atoms with Gasteiger partial charge in [-0.05, 0) is 37.0 Å². The van der Waals surface area contributed by atoms with Gasteiger partial charge in [0.25, 0.3) is 0 Å². The molecule has 0 bridgehead atoms. The van der Waals surface area contributed by atoms with E-state index in [1.165, 1.54) is 12.1 Å². The molecule has 1 aromatic rings. The first-order valence-electron chi connectivity index (χ1n) is 4.66. The monoisotopic (exact) mass is 197 g/mol. The van der Waals surface area contributed by atoms with Crippen molar-refractivity contribution in [2.45, 2.75) is 19.3 Å². The largest absolute Gasteiger partial charge is 0.265 e. The van der Waals surface area contributed by atoms with Crippen LogP contribution in [0.3, 0.4) is 0 Å². The summed E-state index contributed by atoms with van der Waals surface area (Å²) in [5, 5.41) is 0. The average molecular weight is 197 g/mol. The third kappa shape index (κ3) is 4.12. The van der Waals surface area contributed by atoms with Gasteiger partial charge in [-0.2, -0.15) is 4.39 Å². The molecule has 1 nitrogen and oxygen atoms in total. The summed E-state index contributed by atoms with van der Waals surface area (Å²) in [5.74, 6) is -0.212. The molecule has 0 N–H and O–H groups in total. The van der Waals surface area contributed by atoms with Crippen LogP contribution in [-0.4, -0.2) is 13.0 Å². The highest BCUT2D eigenvalue weighted by molar-refractivity contribution is 5.43. The van der Waals surface area contributed by atoms with Gasteiger partial charge in [-0.3, -0.25) is 4.99 Å². The minimum absolute atomic E-state index is 0.212. The Kier molecular flexibility index (Phi) is 4.83. The number of hydrogen-bond donors (Lipinski definition) is 0. The van der Waals surface area contributed by atoms with E-state index in [2.05, 4.69) is 4.99 Å². The van der Waals surface area contributed by atoms with Crippen molar-refractivity contribution in [2.75, 3.05) is 6.54 Å². The van der Waals surface area contributed by atoms with E-state index in [1.807, 2.05) is 0 Å². The van der Waals surface area contributed by atoms with E-state index in [0.717, 1.165) is 24.8 Å². The summed E-state index contributed by atoms with van der Waals surface area (Å²) in [6.07, 6.45) is 2.70. The van der Waals surface area contributed by atoms with Crippen molar-refractivity contribution in [3.05, 3.63) is 35.6 Å². The highest BCUT2D eigenvalue weighted by Gasteiger charge is 1.93. The molecule has 0 fully saturated rings. The number of nitrogens with zero attached hydrogens (tertiary/aromatic N) is 1. The van der Waals surface area contributed by atoms with E-state index < -0.39 is 0 Å². The number of hydrogen-bond acceptors (Lipinski definition) is 1. The highest BCUT2D eigenvalue weighted by atomic mass is 19.1. The maximum absolute atomic E-state index is 12.5. The fraction of sp³-hybridized carbons (Fsp3) is 0.364. The van der Waals surface area contributed by atoms with Gasteiger partial charge < -0.3 is 0 Å². The molecule has 0 aliphatic heterocycles. The number of aliphatic imine (C=N–C) groups is 1. The van der Waals surface area contributed by atoms with Gasteiger partial charge in [0.05, 0.1) is 0 Å². The molecule has 0 aliphatic carbocycles. The minimum Gasteiger partial charge on any atom is -0.265 e. The molecule has 0 spiro atoms.